The van der Waals surface area contributed by atoms with Gasteiger partial charge >= 0.3 is 0 Å². The van der Waals surface area contributed by atoms with Gasteiger partial charge in [-0.05, 0) is 39.7 Å². The van der Waals surface area contributed by atoms with Crippen molar-refractivity contribution in [3.63, 3.8) is 0 Å². The van der Waals surface area contributed by atoms with Gasteiger partial charge in [-0.25, -0.2) is 8.91 Å². The van der Waals surface area contributed by atoms with Crippen LogP contribution in [0.1, 0.15) is 5.56 Å². The molecule has 3 nitrogen and oxygen atoms in total. The van der Waals surface area contributed by atoms with Crippen LogP contribution in [0.4, 0.5) is 4.39 Å². The molecule has 1 aromatic carbocycles. The van der Waals surface area contributed by atoms with Crippen molar-refractivity contribution in [2.75, 3.05) is 0 Å². The van der Waals surface area contributed by atoms with E-state index in [0.717, 1.165) is 21.1 Å². The Kier molecular flexibility index (Phi) is 2.80. The highest BCUT2D eigenvalue weighted by molar-refractivity contribution is 9.10. The van der Waals surface area contributed by atoms with Gasteiger partial charge in [-0.15, -0.1) is 0 Å². The molecule has 0 unspecified atom stereocenters. The molecule has 0 N–H and O–H groups in total. The summed E-state index contributed by atoms with van der Waals surface area (Å²) in [6, 6.07) is 10.2. The summed E-state index contributed by atoms with van der Waals surface area (Å²) < 4.78 is 15.5. The Hall–Kier alpha value is -2.19. The molecular weight excluding hydrogens is 309 g/mol. The lowest BCUT2D eigenvalue weighted by Gasteiger charge is -2.06. The van der Waals surface area contributed by atoms with E-state index in [1.54, 1.807) is 22.8 Å². The lowest BCUT2D eigenvalue weighted by molar-refractivity contribution is 0.628. The molecule has 0 fully saturated rings. The SMILES string of the molecule is N#Cc1cnn2cc(Br)cc(-c3ccc(F)cc3)c12. The summed E-state index contributed by atoms with van der Waals surface area (Å²) in [5.74, 6) is -0.288. The molecule has 19 heavy (non-hydrogen) atoms. The van der Waals surface area contributed by atoms with Crippen molar-refractivity contribution in [3.05, 3.63) is 58.6 Å². The lowest BCUT2D eigenvalue weighted by Crippen LogP contribution is -1.91. The van der Waals surface area contributed by atoms with E-state index in [0.29, 0.717) is 5.56 Å². The van der Waals surface area contributed by atoms with Gasteiger partial charge in [-0.3, -0.25) is 0 Å². The quantitative estimate of drug-likeness (QED) is 0.685. The van der Waals surface area contributed by atoms with Crippen molar-refractivity contribution >= 4 is 21.4 Å². The highest BCUT2D eigenvalue weighted by Gasteiger charge is 2.11. The second-order valence-corrected chi connectivity index (χ2v) is 4.96. The summed E-state index contributed by atoms with van der Waals surface area (Å²) >= 11 is 3.41. The summed E-state index contributed by atoms with van der Waals surface area (Å²) in [6.07, 6.45) is 3.30. The average Bonchev–Trinajstić information content (AvgIpc) is 2.81. The van der Waals surface area contributed by atoms with E-state index in [2.05, 4.69) is 27.1 Å². The van der Waals surface area contributed by atoms with Crippen LogP contribution in [0, 0.1) is 17.1 Å². The number of rotatable bonds is 1. The number of aromatic nitrogens is 2. The minimum Gasteiger partial charge on any atom is -0.238 e. The Morgan fingerprint density at radius 3 is 2.68 bits per heavy atom. The van der Waals surface area contributed by atoms with Gasteiger partial charge in [0, 0.05) is 16.2 Å². The van der Waals surface area contributed by atoms with Gasteiger partial charge in [0.25, 0.3) is 0 Å². The van der Waals surface area contributed by atoms with Crippen LogP contribution in [-0.2, 0) is 0 Å². The van der Waals surface area contributed by atoms with Crippen molar-refractivity contribution < 1.29 is 4.39 Å². The van der Waals surface area contributed by atoms with E-state index < -0.39 is 0 Å². The first kappa shape index (κ1) is 11.9. The van der Waals surface area contributed by atoms with E-state index in [-0.39, 0.29) is 5.82 Å². The summed E-state index contributed by atoms with van der Waals surface area (Å²) in [5.41, 5.74) is 2.89. The van der Waals surface area contributed by atoms with Crippen LogP contribution in [0.3, 0.4) is 0 Å². The number of nitriles is 1. The molecule has 3 aromatic rings. The highest BCUT2D eigenvalue weighted by atomic mass is 79.9. The summed E-state index contributed by atoms with van der Waals surface area (Å²) in [7, 11) is 0. The maximum absolute atomic E-state index is 13.0. The first-order chi connectivity index (χ1) is 9.19. The fourth-order valence-corrected chi connectivity index (χ4v) is 2.44. The van der Waals surface area contributed by atoms with E-state index >= 15 is 0 Å². The zero-order chi connectivity index (χ0) is 13.4. The minimum atomic E-state index is -0.288. The predicted octanol–water partition coefficient (Wildman–Crippen LogP) is 3.77. The molecule has 0 aliphatic carbocycles. The van der Waals surface area contributed by atoms with Crippen LogP contribution in [-0.4, -0.2) is 9.61 Å². The number of halogens is 2. The molecule has 2 heterocycles. The molecule has 0 amide bonds. The first-order valence-corrected chi connectivity index (χ1v) is 6.31. The van der Waals surface area contributed by atoms with Gasteiger partial charge in [-0.2, -0.15) is 10.4 Å². The van der Waals surface area contributed by atoms with Crippen LogP contribution in [0.25, 0.3) is 16.6 Å². The van der Waals surface area contributed by atoms with Gasteiger partial charge < -0.3 is 0 Å². The Balaban J connectivity index is 2.36. The van der Waals surface area contributed by atoms with E-state index in [4.69, 9.17) is 5.26 Å². The largest absolute Gasteiger partial charge is 0.238 e. The smallest absolute Gasteiger partial charge is 0.123 e. The number of fused-ring (bicyclic) bond motifs is 1. The van der Waals surface area contributed by atoms with Crippen LogP contribution in [0.15, 0.2) is 47.2 Å². The second-order valence-electron chi connectivity index (χ2n) is 4.04. The summed E-state index contributed by atoms with van der Waals surface area (Å²) in [6.45, 7) is 0. The third kappa shape index (κ3) is 2.00. The van der Waals surface area contributed by atoms with Crippen LogP contribution < -0.4 is 0 Å². The lowest BCUT2D eigenvalue weighted by atomic mass is 10.0. The first-order valence-electron chi connectivity index (χ1n) is 5.52. The molecule has 0 bridgehead atoms. The molecule has 3 rings (SSSR count). The van der Waals surface area contributed by atoms with Gasteiger partial charge in [0.1, 0.15) is 11.9 Å². The molecule has 0 saturated carbocycles. The summed E-state index contributed by atoms with van der Waals surface area (Å²) in [5, 5.41) is 13.3. The molecule has 0 atom stereocenters. The molecule has 0 spiro atoms. The molecule has 0 radical (unpaired) electrons. The number of benzene rings is 1. The molecule has 2 aromatic heterocycles. The van der Waals surface area contributed by atoms with Crippen molar-refractivity contribution in [3.8, 4) is 17.2 Å². The monoisotopic (exact) mass is 315 g/mol. The van der Waals surface area contributed by atoms with Crippen molar-refractivity contribution in [1.82, 2.24) is 9.61 Å². The van der Waals surface area contributed by atoms with E-state index in [1.807, 2.05) is 6.07 Å². The maximum atomic E-state index is 13.0. The number of nitrogens with zero attached hydrogens (tertiary/aromatic N) is 3. The Labute approximate surface area is 117 Å². The Morgan fingerprint density at radius 1 is 1.26 bits per heavy atom. The van der Waals surface area contributed by atoms with Gasteiger partial charge in [0.05, 0.1) is 17.3 Å². The number of hydrogen-bond donors (Lipinski definition) is 0. The zero-order valence-corrected chi connectivity index (χ0v) is 11.2. The van der Waals surface area contributed by atoms with Gasteiger partial charge in [0.15, 0.2) is 0 Å². The third-order valence-electron chi connectivity index (χ3n) is 2.85. The fourth-order valence-electron chi connectivity index (χ4n) is 2.02. The minimum absolute atomic E-state index is 0.288. The Morgan fingerprint density at radius 2 is 2.00 bits per heavy atom. The van der Waals surface area contributed by atoms with E-state index in [1.165, 1.54) is 18.3 Å². The summed E-state index contributed by atoms with van der Waals surface area (Å²) in [4.78, 5) is 0. The van der Waals surface area contributed by atoms with Crippen molar-refractivity contribution in [2.24, 2.45) is 0 Å². The molecular formula is C14H7BrFN3. The third-order valence-corrected chi connectivity index (χ3v) is 3.29. The van der Waals surface area contributed by atoms with Gasteiger partial charge in [0.2, 0.25) is 0 Å². The number of hydrogen-bond acceptors (Lipinski definition) is 2. The average molecular weight is 316 g/mol. The molecule has 0 aliphatic rings. The van der Waals surface area contributed by atoms with Crippen LogP contribution in [0.2, 0.25) is 0 Å². The topological polar surface area (TPSA) is 41.1 Å². The predicted molar refractivity (Wildman–Crippen MR) is 73.0 cm³/mol. The van der Waals surface area contributed by atoms with Gasteiger partial charge in [-0.1, -0.05) is 12.1 Å². The highest BCUT2D eigenvalue weighted by Crippen LogP contribution is 2.29. The van der Waals surface area contributed by atoms with Crippen LogP contribution in [0.5, 0.6) is 0 Å². The van der Waals surface area contributed by atoms with Crippen molar-refractivity contribution in [1.29, 1.82) is 5.26 Å². The fraction of sp³-hybridized carbons (Fsp3) is 0. The second kappa shape index (κ2) is 4.48. The standard InChI is InChI=1S/C14H7BrFN3/c15-11-5-13(9-1-3-12(16)4-2-9)14-10(6-17)7-18-19(14)8-11/h1-5,7-8H. The zero-order valence-electron chi connectivity index (χ0n) is 9.64. The molecule has 0 aliphatic heterocycles. The van der Waals surface area contributed by atoms with Crippen molar-refractivity contribution in [2.45, 2.75) is 0 Å². The number of pyridine rings is 1. The van der Waals surface area contributed by atoms with E-state index in [9.17, 15) is 4.39 Å². The normalized spacial score (nSPS) is 10.6. The Bertz CT molecular complexity index is 800. The molecule has 5 heteroatoms. The van der Waals surface area contributed by atoms with Crippen LogP contribution >= 0.6 is 15.9 Å². The molecule has 92 valence electrons. The molecule has 0 saturated heterocycles. The maximum Gasteiger partial charge on any atom is 0.123 e.